The van der Waals surface area contributed by atoms with Crippen LogP contribution in [0.25, 0.3) is 0 Å². The number of amides is 1. The predicted octanol–water partition coefficient (Wildman–Crippen LogP) is 2.25. The van der Waals surface area contributed by atoms with Gasteiger partial charge in [-0.3, -0.25) is 4.79 Å². The van der Waals surface area contributed by atoms with E-state index in [2.05, 4.69) is 5.32 Å². The van der Waals surface area contributed by atoms with Crippen LogP contribution < -0.4 is 10.8 Å². The zero-order valence-electron chi connectivity index (χ0n) is 13.0. The Hall–Kier alpha value is -1.33. The minimum absolute atomic E-state index is 0.0761. The molecule has 1 N–H and O–H groups in total. The van der Waals surface area contributed by atoms with Gasteiger partial charge in [0, 0.05) is 12.6 Å². The third-order valence-electron chi connectivity index (χ3n) is 4.10. The molecular formula is C15H22BNO3. The van der Waals surface area contributed by atoms with Crippen molar-refractivity contribution in [1.29, 1.82) is 0 Å². The van der Waals surface area contributed by atoms with Crippen LogP contribution in [0.3, 0.4) is 0 Å². The van der Waals surface area contributed by atoms with E-state index >= 15 is 0 Å². The van der Waals surface area contributed by atoms with Crippen LogP contribution in [0.2, 0.25) is 0 Å². The summed E-state index contributed by atoms with van der Waals surface area (Å²) in [6, 6.07) is 5.75. The molecule has 0 saturated carbocycles. The van der Waals surface area contributed by atoms with E-state index < -0.39 is 0 Å². The number of aryl methyl sites for hydroxylation is 1. The molecule has 1 heterocycles. The lowest BCUT2D eigenvalue weighted by Crippen LogP contribution is -2.41. The fourth-order valence-electron chi connectivity index (χ4n) is 2.19. The van der Waals surface area contributed by atoms with Gasteiger partial charge < -0.3 is 14.6 Å². The molecule has 108 valence electrons. The number of nitrogens with one attached hydrogen (secondary N) is 1. The summed E-state index contributed by atoms with van der Waals surface area (Å²) in [6.45, 7) is 11.6. The topological polar surface area (TPSA) is 47.6 Å². The van der Waals surface area contributed by atoms with E-state index in [0.29, 0.717) is 0 Å². The predicted molar refractivity (Wildman–Crippen MR) is 81.2 cm³/mol. The third kappa shape index (κ3) is 2.74. The lowest BCUT2D eigenvalue weighted by molar-refractivity contribution is -0.114. The molecule has 0 radical (unpaired) electrons. The summed E-state index contributed by atoms with van der Waals surface area (Å²) in [6.07, 6.45) is 0. The Morgan fingerprint density at radius 1 is 1.15 bits per heavy atom. The molecule has 0 aliphatic carbocycles. The number of benzene rings is 1. The van der Waals surface area contributed by atoms with Crippen molar-refractivity contribution in [3.05, 3.63) is 23.8 Å². The molecule has 2 rings (SSSR count). The van der Waals surface area contributed by atoms with Gasteiger partial charge in [0.15, 0.2) is 0 Å². The largest absolute Gasteiger partial charge is 0.495 e. The number of anilines is 1. The van der Waals surface area contributed by atoms with Gasteiger partial charge in [-0.1, -0.05) is 6.07 Å². The van der Waals surface area contributed by atoms with Crippen molar-refractivity contribution in [3.63, 3.8) is 0 Å². The van der Waals surface area contributed by atoms with E-state index in [1.165, 1.54) is 6.92 Å². The van der Waals surface area contributed by atoms with Gasteiger partial charge in [0.1, 0.15) is 0 Å². The average molecular weight is 275 g/mol. The van der Waals surface area contributed by atoms with Crippen molar-refractivity contribution in [2.75, 3.05) is 5.32 Å². The standard InChI is InChI=1S/C15H22BNO3/c1-10-9-12(17-11(2)18)7-8-13(10)16-19-14(3,4)15(5,6)20-16/h7-9H,1-6H3,(H,17,18). The van der Waals surface area contributed by atoms with Gasteiger partial charge in [0.25, 0.3) is 0 Å². The molecule has 1 aliphatic heterocycles. The van der Waals surface area contributed by atoms with Crippen LogP contribution >= 0.6 is 0 Å². The summed E-state index contributed by atoms with van der Waals surface area (Å²) < 4.78 is 12.1. The van der Waals surface area contributed by atoms with Gasteiger partial charge in [0.2, 0.25) is 5.91 Å². The SMILES string of the molecule is CC(=O)Nc1ccc(B2OC(C)(C)C(C)(C)O2)c(C)c1. The van der Waals surface area contributed by atoms with Crippen LogP contribution in [0.4, 0.5) is 5.69 Å². The first-order chi connectivity index (χ1) is 9.12. The molecule has 4 nitrogen and oxygen atoms in total. The summed E-state index contributed by atoms with van der Waals surface area (Å²) in [5, 5.41) is 2.78. The van der Waals surface area contributed by atoms with E-state index in [1.807, 2.05) is 52.8 Å². The Bertz CT molecular complexity index is 524. The van der Waals surface area contributed by atoms with Crippen LogP contribution in [0.15, 0.2) is 18.2 Å². The second kappa shape index (κ2) is 4.90. The highest BCUT2D eigenvalue weighted by molar-refractivity contribution is 6.62. The molecule has 1 aromatic rings. The van der Waals surface area contributed by atoms with E-state index in [1.54, 1.807) is 0 Å². The van der Waals surface area contributed by atoms with E-state index in [-0.39, 0.29) is 24.2 Å². The van der Waals surface area contributed by atoms with Gasteiger partial charge in [-0.2, -0.15) is 0 Å². The third-order valence-corrected chi connectivity index (χ3v) is 4.10. The molecule has 0 bridgehead atoms. The molecule has 0 spiro atoms. The van der Waals surface area contributed by atoms with Crippen LogP contribution in [0.5, 0.6) is 0 Å². The zero-order chi connectivity index (χ0) is 15.1. The molecular weight excluding hydrogens is 253 g/mol. The highest BCUT2D eigenvalue weighted by atomic mass is 16.7. The zero-order valence-corrected chi connectivity index (χ0v) is 13.0. The Kier molecular flexibility index (Phi) is 3.69. The molecule has 1 aliphatic rings. The van der Waals surface area contributed by atoms with Gasteiger partial charge in [-0.15, -0.1) is 0 Å². The molecule has 0 unspecified atom stereocenters. The number of hydrogen-bond donors (Lipinski definition) is 1. The molecule has 0 aromatic heterocycles. The number of rotatable bonds is 2. The molecule has 5 heteroatoms. The summed E-state index contributed by atoms with van der Waals surface area (Å²) in [7, 11) is -0.369. The number of carbonyl (C=O) groups excluding carboxylic acids is 1. The van der Waals surface area contributed by atoms with Crippen LogP contribution in [0, 0.1) is 6.92 Å². The highest BCUT2D eigenvalue weighted by Crippen LogP contribution is 2.36. The van der Waals surface area contributed by atoms with Crippen LogP contribution in [-0.2, 0) is 14.1 Å². The Morgan fingerprint density at radius 3 is 2.15 bits per heavy atom. The van der Waals surface area contributed by atoms with Crippen molar-refractivity contribution in [3.8, 4) is 0 Å². The van der Waals surface area contributed by atoms with Crippen molar-refractivity contribution in [1.82, 2.24) is 0 Å². The monoisotopic (exact) mass is 275 g/mol. The first-order valence-corrected chi connectivity index (χ1v) is 6.86. The number of carbonyl (C=O) groups is 1. The highest BCUT2D eigenvalue weighted by Gasteiger charge is 2.51. The Balaban J connectivity index is 2.25. The maximum Gasteiger partial charge on any atom is 0.495 e. The lowest BCUT2D eigenvalue weighted by atomic mass is 9.76. The van der Waals surface area contributed by atoms with Crippen LogP contribution in [-0.4, -0.2) is 24.2 Å². The quantitative estimate of drug-likeness (QED) is 0.842. The van der Waals surface area contributed by atoms with Gasteiger partial charge >= 0.3 is 7.12 Å². The fraction of sp³-hybridized carbons (Fsp3) is 0.533. The maximum absolute atomic E-state index is 11.1. The van der Waals surface area contributed by atoms with Crippen LogP contribution in [0.1, 0.15) is 40.2 Å². The molecule has 20 heavy (non-hydrogen) atoms. The van der Waals surface area contributed by atoms with Crippen molar-refractivity contribution in [2.45, 2.75) is 52.7 Å². The Morgan fingerprint density at radius 2 is 1.70 bits per heavy atom. The van der Waals surface area contributed by atoms with Gasteiger partial charge in [-0.05, 0) is 57.8 Å². The smallest absolute Gasteiger partial charge is 0.399 e. The fourth-order valence-corrected chi connectivity index (χ4v) is 2.19. The lowest BCUT2D eigenvalue weighted by Gasteiger charge is -2.32. The first-order valence-electron chi connectivity index (χ1n) is 6.86. The first kappa shape index (κ1) is 15.1. The molecule has 1 fully saturated rings. The average Bonchev–Trinajstić information content (AvgIpc) is 2.46. The van der Waals surface area contributed by atoms with Crippen molar-refractivity contribution < 1.29 is 14.1 Å². The molecule has 1 aromatic carbocycles. The molecule has 0 atom stereocenters. The maximum atomic E-state index is 11.1. The second-order valence-corrected chi connectivity index (χ2v) is 6.34. The Labute approximate surface area is 121 Å². The summed E-state index contributed by atoms with van der Waals surface area (Å²) >= 11 is 0. The molecule has 1 amide bonds. The van der Waals surface area contributed by atoms with Crippen molar-refractivity contribution in [2.24, 2.45) is 0 Å². The normalized spacial score (nSPS) is 20.0. The summed E-state index contributed by atoms with van der Waals surface area (Å²) in [5.41, 5.74) is 2.13. The van der Waals surface area contributed by atoms with Crippen molar-refractivity contribution >= 4 is 24.2 Å². The van der Waals surface area contributed by atoms with E-state index in [9.17, 15) is 4.79 Å². The van der Waals surface area contributed by atoms with E-state index in [4.69, 9.17) is 9.31 Å². The second-order valence-electron chi connectivity index (χ2n) is 6.34. The van der Waals surface area contributed by atoms with Gasteiger partial charge in [0.05, 0.1) is 11.2 Å². The molecule has 1 saturated heterocycles. The summed E-state index contributed by atoms with van der Waals surface area (Å²) in [5.74, 6) is -0.0761. The minimum Gasteiger partial charge on any atom is -0.399 e. The number of hydrogen-bond acceptors (Lipinski definition) is 3. The minimum atomic E-state index is -0.369. The van der Waals surface area contributed by atoms with E-state index in [0.717, 1.165) is 16.7 Å². The van der Waals surface area contributed by atoms with Gasteiger partial charge in [-0.25, -0.2) is 0 Å². The summed E-state index contributed by atoms with van der Waals surface area (Å²) in [4.78, 5) is 11.1.